The highest BCUT2D eigenvalue weighted by Gasteiger charge is 2.30. The number of piperidine rings is 1. The molecule has 1 aliphatic heterocycles. The van der Waals surface area contributed by atoms with Crippen LogP contribution in [0.2, 0.25) is 0 Å². The van der Waals surface area contributed by atoms with E-state index in [2.05, 4.69) is 39.5 Å². The molecule has 2 atom stereocenters. The average Bonchev–Trinajstić information content (AvgIpc) is 2.27. The zero-order valence-electron chi connectivity index (χ0n) is 13.2. The lowest BCUT2D eigenvalue weighted by Gasteiger charge is -2.44. The van der Waals surface area contributed by atoms with E-state index in [1.54, 1.807) is 0 Å². The molecule has 1 saturated heterocycles. The van der Waals surface area contributed by atoms with E-state index in [4.69, 9.17) is 5.73 Å². The van der Waals surface area contributed by atoms with Crippen molar-refractivity contribution in [3.63, 3.8) is 0 Å². The van der Waals surface area contributed by atoms with Gasteiger partial charge in [0.2, 0.25) is 0 Å². The third kappa shape index (κ3) is 4.89. The zero-order chi connectivity index (χ0) is 13.7. The fraction of sp³-hybridized carbons (Fsp3) is 1.00. The summed E-state index contributed by atoms with van der Waals surface area (Å²) in [7, 11) is 0. The number of nitrogens with two attached hydrogens (primary N) is 1. The van der Waals surface area contributed by atoms with Gasteiger partial charge in [-0.3, -0.25) is 4.90 Å². The van der Waals surface area contributed by atoms with Gasteiger partial charge in [0.25, 0.3) is 0 Å². The van der Waals surface area contributed by atoms with E-state index in [0.29, 0.717) is 0 Å². The largest absolute Gasteiger partial charge is 0.330 e. The maximum Gasteiger partial charge on any atom is 0.0103 e. The second-order valence-electron chi connectivity index (χ2n) is 7.14. The molecule has 0 aromatic heterocycles. The van der Waals surface area contributed by atoms with Crippen molar-refractivity contribution in [3.8, 4) is 0 Å². The van der Waals surface area contributed by atoms with E-state index >= 15 is 0 Å². The van der Waals surface area contributed by atoms with Crippen LogP contribution in [-0.2, 0) is 0 Å². The summed E-state index contributed by atoms with van der Waals surface area (Å²) in [6, 6.07) is 1.50. The minimum Gasteiger partial charge on any atom is -0.330 e. The molecule has 2 nitrogen and oxygen atoms in total. The highest BCUT2D eigenvalue weighted by Crippen LogP contribution is 2.28. The van der Waals surface area contributed by atoms with Crippen LogP contribution < -0.4 is 5.73 Å². The minimum atomic E-state index is 0.725. The molecule has 0 aliphatic carbocycles. The van der Waals surface area contributed by atoms with E-state index in [-0.39, 0.29) is 0 Å². The first-order chi connectivity index (χ1) is 8.43. The number of nitrogens with zero attached hydrogens (tertiary/aromatic N) is 1. The molecule has 0 amide bonds. The van der Waals surface area contributed by atoms with Crippen LogP contribution in [0.1, 0.15) is 60.3 Å². The lowest BCUT2D eigenvalue weighted by Crippen LogP contribution is -2.50. The minimum absolute atomic E-state index is 0.725. The predicted molar refractivity (Wildman–Crippen MR) is 80.6 cm³/mol. The van der Waals surface area contributed by atoms with Crippen LogP contribution >= 0.6 is 0 Å². The highest BCUT2D eigenvalue weighted by molar-refractivity contribution is 4.85. The van der Waals surface area contributed by atoms with E-state index in [9.17, 15) is 0 Å². The Hall–Kier alpha value is -0.0800. The maximum atomic E-state index is 5.89. The van der Waals surface area contributed by atoms with Gasteiger partial charge in [-0.25, -0.2) is 0 Å². The van der Waals surface area contributed by atoms with Gasteiger partial charge < -0.3 is 5.73 Å². The summed E-state index contributed by atoms with van der Waals surface area (Å²) in [5.74, 6) is 2.31. The second kappa shape index (κ2) is 7.49. The quantitative estimate of drug-likeness (QED) is 0.786. The summed E-state index contributed by atoms with van der Waals surface area (Å²) < 4.78 is 0. The zero-order valence-corrected chi connectivity index (χ0v) is 13.2. The highest BCUT2D eigenvalue weighted by atomic mass is 15.2. The van der Waals surface area contributed by atoms with E-state index < -0.39 is 0 Å². The van der Waals surface area contributed by atoms with Gasteiger partial charge in [0, 0.05) is 18.6 Å². The first-order valence-corrected chi connectivity index (χ1v) is 7.89. The van der Waals surface area contributed by atoms with Crippen molar-refractivity contribution in [2.75, 3.05) is 13.1 Å². The van der Waals surface area contributed by atoms with Crippen molar-refractivity contribution in [1.82, 2.24) is 4.90 Å². The Morgan fingerprint density at radius 2 is 1.61 bits per heavy atom. The van der Waals surface area contributed by atoms with Gasteiger partial charge in [0.15, 0.2) is 0 Å². The lowest BCUT2D eigenvalue weighted by atomic mass is 9.87. The Morgan fingerprint density at radius 1 is 1.06 bits per heavy atom. The van der Waals surface area contributed by atoms with Crippen molar-refractivity contribution in [2.24, 2.45) is 23.5 Å². The number of likely N-dealkylation sites (tertiary alicyclic amines) is 1. The molecule has 0 aromatic carbocycles. The summed E-state index contributed by atoms with van der Waals surface area (Å²) in [5.41, 5.74) is 5.89. The molecular weight excluding hydrogens is 220 g/mol. The fourth-order valence-electron chi connectivity index (χ4n) is 3.37. The second-order valence-corrected chi connectivity index (χ2v) is 7.14. The monoisotopic (exact) mass is 254 g/mol. The summed E-state index contributed by atoms with van der Waals surface area (Å²) >= 11 is 0. The third-order valence-corrected chi connectivity index (χ3v) is 4.32. The topological polar surface area (TPSA) is 29.3 Å². The van der Waals surface area contributed by atoms with Crippen LogP contribution in [0.3, 0.4) is 0 Å². The molecule has 2 unspecified atom stereocenters. The lowest BCUT2D eigenvalue weighted by molar-refractivity contribution is 0.0534. The normalized spacial score (nSPS) is 26.5. The Balaban J connectivity index is 2.67. The smallest absolute Gasteiger partial charge is 0.0103 e. The molecule has 0 saturated carbocycles. The van der Waals surface area contributed by atoms with Crippen molar-refractivity contribution >= 4 is 0 Å². The van der Waals surface area contributed by atoms with Gasteiger partial charge in [-0.05, 0) is 56.9 Å². The molecule has 0 radical (unpaired) electrons. The number of rotatable bonds is 6. The first-order valence-electron chi connectivity index (χ1n) is 7.89. The van der Waals surface area contributed by atoms with Crippen LogP contribution in [0, 0.1) is 17.8 Å². The van der Waals surface area contributed by atoms with E-state index in [1.807, 2.05) is 0 Å². The molecule has 2 heteroatoms. The Kier molecular flexibility index (Phi) is 6.65. The molecule has 1 heterocycles. The maximum absolute atomic E-state index is 5.89. The van der Waals surface area contributed by atoms with Crippen LogP contribution in [0.5, 0.6) is 0 Å². The molecule has 2 N–H and O–H groups in total. The third-order valence-electron chi connectivity index (χ3n) is 4.32. The van der Waals surface area contributed by atoms with Gasteiger partial charge >= 0.3 is 0 Å². The van der Waals surface area contributed by atoms with Crippen molar-refractivity contribution < 1.29 is 0 Å². The summed E-state index contributed by atoms with van der Waals surface area (Å²) in [5, 5.41) is 0. The van der Waals surface area contributed by atoms with Crippen LogP contribution in [-0.4, -0.2) is 30.1 Å². The molecule has 108 valence electrons. The summed E-state index contributed by atoms with van der Waals surface area (Å²) in [6.07, 6.45) is 5.32. The Morgan fingerprint density at radius 3 is 2.06 bits per heavy atom. The molecule has 18 heavy (non-hydrogen) atoms. The molecular formula is C16H34N2. The fourth-order valence-corrected chi connectivity index (χ4v) is 3.37. The molecule has 0 bridgehead atoms. The van der Waals surface area contributed by atoms with Gasteiger partial charge in [-0.2, -0.15) is 0 Å². The van der Waals surface area contributed by atoms with Gasteiger partial charge in [0.1, 0.15) is 0 Å². The number of hydrogen-bond donors (Lipinski definition) is 1. The van der Waals surface area contributed by atoms with E-state index in [1.165, 1.54) is 32.2 Å². The first kappa shape index (κ1) is 16.0. The van der Waals surface area contributed by atoms with Crippen molar-refractivity contribution in [2.45, 2.75) is 72.4 Å². The van der Waals surface area contributed by atoms with Crippen molar-refractivity contribution in [3.05, 3.63) is 0 Å². The molecule has 0 aromatic rings. The Labute approximate surface area is 114 Å². The van der Waals surface area contributed by atoms with Gasteiger partial charge in [-0.15, -0.1) is 0 Å². The predicted octanol–water partition coefficient (Wildman–Crippen LogP) is 3.51. The average molecular weight is 254 g/mol. The van der Waals surface area contributed by atoms with Crippen LogP contribution in [0.15, 0.2) is 0 Å². The van der Waals surface area contributed by atoms with Crippen molar-refractivity contribution in [1.29, 1.82) is 0 Å². The SMILES string of the molecule is CC(C)CC(CC(C)C)N1CC(CN)CCC1C. The Bertz CT molecular complexity index is 215. The molecule has 1 aliphatic rings. The van der Waals surface area contributed by atoms with Gasteiger partial charge in [0.05, 0.1) is 0 Å². The van der Waals surface area contributed by atoms with Gasteiger partial charge in [-0.1, -0.05) is 27.7 Å². The van der Waals surface area contributed by atoms with Crippen LogP contribution in [0.4, 0.5) is 0 Å². The number of hydrogen-bond acceptors (Lipinski definition) is 2. The summed E-state index contributed by atoms with van der Waals surface area (Å²) in [6.45, 7) is 13.9. The molecule has 1 rings (SSSR count). The van der Waals surface area contributed by atoms with Crippen LogP contribution in [0.25, 0.3) is 0 Å². The standard InChI is InChI=1S/C16H34N2/c1-12(2)8-16(9-13(3)4)18-11-15(10-17)7-6-14(18)5/h12-16H,6-11,17H2,1-5H3. The summed E-state index contributed by atoms with van der Waals surface area (Å²) in [4.78, 5) is 2.76. The molecule has 0 spiro atoms. The molecule has 1 fully saturated rings. The van der Waals surface area contributed by atoms with E-state index in [0.717, 1.165) is 36.4 Å².